The van der Waals surface area contributed by atoms with Crippen molar-refractivity contribution in [2.45, 2.75) is 13.2 Å². The molecule has 2 aromatic rings. The van der Waals surface area contributed by atoms with Crippen LogP contribution in [0.1, 0.15) is 5.56 Å². The summed E-state index contributed by atoms with van der Waals surface area (Å²) in [5, 5.41) is 13.9. The Hall–Kier alpha value is -2.70. The standard InChI is InChI=1S/C14H12F2N2O3/c15-14(16)21-12-7-5-11(6-8-12)17-9-10-3-1-2-4-13(10)18(19)20/h1-8,14,17H,9H2. The maximum atomic E-state index is 12.0. The third-order valence-corrected chi connectivity index (χ3v) is 2.75. The molecule has 0 aliphatic rings. The Balaban J connectivity index is 2.02. The highest BCUT2D eigenvalue weighted by molar-refractivity contribution is 5.49. The van der Waals surface area contributed by atoms with E-state index in [1.807, 2.05) is 0 Å². The number of nitrogens with zero attached hydrogens (tertiary/aromatic N) is 1. The van der Waals surface area contributed by atoms with Crippen LogP contribution >= 0.6 is 0 Å². The largest absolute Gasteiger partial charge is 0.435 e. The first kappa shape index (κ1) is 14.7. The first-order chi connectivity index (χ1) is 10.1. The van der Waals surface area contributed by atoms with E-state index < -0.39 is 11.5 Å². The second kappa shape index (κ2) is 6.65. The number of hydrogen-bond acceptors (Lipinski definition) is 4. The van der Waals surface area contributed by atoms with E-state index in [0.29, 0.717) is 11.3 Å². The molecule has 0 bridgehead atoms. The number of halogens is 2. The summed E-state index contributed by atoms with van der Waals surface area (Å²) in [6, 6.07) is 12.3. The Labute approximate surface area is 119 Å². The molecule has 0 radical (unpaired) electrons. The van der Waals surface area contributed by atoms with Crippen LogP contribution in [-0.2, 0) is 6.54 Å². The van der Waals surface area contributed by atoms with Gasteiger partial charge in [-0.05, 0) is 24.3 Å². The molecule has 21 heavy (non-hydrogen) atoms. The van der Waals surface area contributed by atoms with E-state index in [4.69, 9.17) is 0 Å². The van der Waals surface area contributed by atoms with Gasteiger partial charge >= 0.3 is 6.61 Å². The Morgan fingerprint density at radius 1 is 1.14 bits per heavy atom. The van der Waals surface area contributed by atoms with Gasteiger partial charge in [0.1, 0.15) is 5.75 Å². The van der Waals surface area contributed by atoms with Gasteiger partial charge < -0.3 is 10.1 Å². The molecule has 1 N–H and O–H groups in total. The predicted octanol–water partition coefficient (Wildman–Crippen LogP) is 3.81. The summed E-state index contributed by atoms with van der Waals surface area (Å²) in [6.45, 7) is -2.61. The summed E-state index contributed by atoms with van der Waals surface area (Å²) >= 11 is 0. The van der Waals surface area contributed by atoms with Crippen molar-refractivity contribution in [1.82, 2.24) is 0 Å². The summed E-state index contributed by atoms with van der Waals surface area (Å²) in [6.07, 6.45) is 0. The zero-order valence-electron chi connectivity index (χ0n) is 10.8. The van der Waals surface area contributed by atoms with Crippen LogP contribution in [0.15, 0.2) is 48.5 Å². The number of alkyl halides is 2. The number of rotatable bonds is 6. The van der Waals surface area contributed by atoms with Crippen molar-refractivity contribution in [3.63, 3.8) is 0 Å². The topological polar surface area (TPSA) is 64.4 Å². The maximum Gasteiger partial charge on any atom is 0.387 e. The summed E-state index contributed by atoms with van der Waals surface area (Å²) in [5.74, 6) is 0.0567. The minimum atomic E-state index is -2.87. The van der Waals surface area contributed by atoms with Crippen molar-refractivity contribution < 1.29 is 18.4 Å². The van der Waals surface area contributed by atoms with E-state index in [-0.39, 0.29) is 18.0 Å². The minimum absolute atomic E-state index is 0.0302. The van der Waals surface area contributed by atoms with Gasteiger partial charge in [0.2, 0.25) is 0 Å². The normalized spacial score (nSPS) is 10.4. The lowest BCUT2D eigenvalue weighted by Crippen LogP contribution is -2.04. The van der Waals surface area contributed by atoms with Crippen molar-refractivity contribution in [1.29, 1.82) is 0 Å². The highest BCUT2D eigenvalue weighted by Gasteiger charge is 2.11. The predicted molar refractivity (Wildman–Crippen MR) is 73.5 cm³/mol. The van der Waals surface area contributed by atoms with Crippen LogP contribution in [0.3, 0.4) is 0 Å². The third kappa shape index (κ3) is 4.13. The first-order valence-electron chi connectivity index (χ1n) is 6.07. The molecule has 0 amide bonds. The van der Waals surface area contributed by atoms with E-state index in [1.54, 1.807) is 30.3 Å². The highest BCUT2D eigenvalue weighted by Crippen LogP contribution is 2.21. The molecule has 0 unspecified atom stereocenters. The molecular weight excluding hydrogens is 282 g/mol. The van der Waals surface area contributed by atoms with Crippen molar-refractivity contribution in [2.24, 2.45) is 0 Å². The van der Waals surface area contributed by atoms with Crippen molar-refractivity contribution in [3.05, 3.63) is 64.2 Å². The molecule has 110 valence electrons. The lowest BCUT2D eigenvalue weighted by molar-refractivity contribution is -0.385. The number of anilines is 1. The molecule has 0 fully saturated rings. The fourth-order valence-corrected chi connectivity index (χ4v) is 1.79. The number of benzene rings is 2. The van der Waals surface area contributed by atoms with Gasteiger partial charge in [-0.15, -0.1) is 0 Å². The number of nitro benzene ring substituents is 1. The second-order valence-corrected chi connectivity index (χ2v) is 4.14. The summed E-state index contributed by atoms with van der Waals surface area (Å²) in [7, 11) is 0. The van der Waals surface area contributed by atoms with Crippen molar-refractivity contribution in [3.8, 4) is 5.75 Å². The zero-order valence-corrected chi connectivity index (χ0v) is 10.8. The van der Waals surface area contributed by atoms with E-state index in [9.17, 15) is 18.9 Å². The van der Waals surface area contributed by atoms with Gasteiger partial charge in [-0.25, -0.2) is 0 Å². The van der Waals surface area contributed by atoms with Gasteiger partial charge in [-0.3, -0.25) is 10.1 Å². The Bertz CT molecular complexity index is 618. The quantitative estimate of drug-likeness (QED) is 0.650. The summed E-state index contributed by atoms with van der Waals surface area (Å²) < 4.78 is 28.2. The van der Waals surface area contributed by atoms with Crippen LogP contribution < -0.4 is 10.1 Å². The number of hydrogen-bond donors (Lipinski definition) is 1. The van der Waals surface area contributed by atoms with Crippen LogP contribution in [0.5, 0.6) is 5.75 Å². The number of nitrogens with one attached hydrogen (secondary N) is 1. The van der Waals surface area contributed by atoms with Crippen LogP contribution in [-0.4, -0.2) is 11.5 Å². The average molecular weight is 294 g/mol. The van der Waals surface area contributed by atoms with Crippen LogP contribution in [0.4, 0.5) is 20.2 Å². The fourth-order valence-electron chi connectivity index (χ4n) is 1.79. The maximum absolute atomic E-state index is 12.0. The van der Waals surface area contributed by atoms with Crippen LogP contribution in [0, 0.1) is 10.1 Å². The average Bonchev–Trinajstić information content (AvgIpc) is 2.46. The monoisotopic (exact) mass is 294 g/mol. The van der Waals surface area contributed by atoms with Crippen molar-refractivity contribution in [2.75, 3.05) is 5.32 Å². The van der Waals surface area contributed by atoms with Gasteiger partial charge in [0, 0.05) is 23.9 Å². The number of ether oxygens (including phenoxy) is 1. The van der Waals surface area contributed by atoms with Crippen LogP contribution in [0.25, 0.3) is 0 Å². The van der Waals surface area contributed by atoms with E-state index in [1.165, 1.54) is 18.2 Å². The molecule has 0 aliphatic carbocycles. The Kier molecular flexibility index (Phi) is 4.65. The van der Waals surface area contributed by atoms with Crippen LogP contribution in [0.2, 0.25) is 0 Å². The number of nitro groups is 1. The second-order valence-electron chi connectivity index (χ2n) is 4.14. The lowest BCUT2D eigenvalue weighted by atomic mass is 10.2. The molecule has 7 heteroatoms. The van der Waals surface area contributed by atoms with Gasteiger partial charge in [-0.1, -0.05) is 18.2 Å². The van der Waals surface area contributed by atoms with Gasteiger partial charge in [-0.2, -0.15) is 8.78 Å². The van der Waals surface area contributed by atoms with Crippen molar-refractivity contribution >= 4 is 11.4 Å². The molecule has 0 saturated heterocycles. The van der Waals surface area contributed by atoms with E-state index in [0.717, 1.165) is 0 Å². The molecule has 2 aromatic carbocycles. The molecule has 0 heterocycles. The Morgan fingerprint density at radius 3 is 2.43 bits per heavy atom. The zero-order chi connectivity index (χ0) is 15.2. The van der Waals surface area contributed by atoms with E-state index >= 15 is 0 Å². The molecule has 5 nitrogen and oxygen atoms in total. The number of para-hydroxylation sites is 1. The molecule has 0 spiro atoms. The van der Waals surface area contributed by atoms with Gasteiger partial charge in [0.15, 0.2) is 0 Å². The first-order valence-corrected chi connectivity index (χ1v) is 6.07. The summed E-state index contributed by atoms with van der Waals surface area (Å²) in [5.41, 5.74) is 1.22. The van der Waals surface area contributed by atoms with Gasteiger partial charge in [0.05, 0.1) is 4.92 Å². The SMILES string of the molecule is O=[N+]([O-])c1ccccc1CNc1ccc(OC(F)F)cc1. The lowest BCUT2D eigenvalue weighted by Gasteiger charge is -2.08. The minimum Gasteiger partial charge on any atom is -0.435 e. The fraction of sp³-hybridized carbons (Fsp3) is 0.143. The highest BCUT2D eigenvalue weighted by atomic mass is 19.3. The third-order valence-electron chi connectivity index (χ3n) is 2.75. The molecular formula is C14H12F2N2O3. The summed E-state index contributed by atoms with van der Waals surface area (Å²) in [4.78, 5) is 10.4. The molecule has 0 aromatic heterocycles. The molecule has 0 saturated carbocycles. The molecule has 0 atom stereocenters. The molecule has 2 rings (SSSR count). The molecule has 0 aliphatic heterocycles. The Morgan fingerprint density at radius 2 is 1.81 bits per heavy atom. The van der Waals surface area contributed by atoms with Gasteiger partial charge in [0.25, 0.3) is 5.69 Å². The smallest absolute Gasteiger partial charge is 0.387 e. The van der Waals surface area contributed by atoms with E-state index in [2.05, 4.69) is 10.1 Å².